The van der Waals surface area contributed by atoms with Crippen molar-refractivity contribution in [1.82, 2.24) is 9.78 Å². The van der Waals surface area contributed by atoms with Gasteiger partial charge in [0, 0.05) is 6.20 Å². The van der Waals surface area contributed by atoms with Crippen LogP contribution in [0.5, 0.6) is 5.75 Å². The number of alkyl halides is 3. The monoisotopic (exact) mass is 325 g/mol. The summed E-state index contributed by atoms with van der Waals surface area (Å²) in [5.41, 5.74) is -2.25. The predicted molar refractivity (Wildman–Crippen MR) is 71.4 cm³/mol. The summed E-state index contributed by atoms with van der Waals surface area (Å²) in [5.74, 6) is -1.46. The normalized spacial score (nSPS) is 11.1. The standard InChI is InChI=1S/C14H10F3N3O3/c1-2-23-11-4-3-9(5-8(11)6-18)20-7-10(13(21)22)12(19-20)14(15,16)17/h3-5,7H,2H2,1H3,(H,21,22). The summed E-state index contributed by atoms with van der Waals surface area (Å²) in [7, 11) is 0. The molecule has 1 N–H and O–H groups in total. The van der Waals surface area contributed by atoms with Crippen LogP contribution in [0.2, 0.25) is 0 Å². The molecule has 6 nitrogen and oxygen atoms in total. The molecule has 1 aromatic heterocycles. The molecule has 0 amide bonds. The summed E-state index contributed by atoms with van der Waals surface area (Å²) in [5, 5.41) is 21.2. The van der Waals surface area contributed by atoms with Gasteiger partial charge in [0.15, 0.2) is 5.69 Å². The zero-order valence-electron chi connectivity index (χ0n) is 11.8. The molecule has 9 heteroatoms. The van der Waals surface area contributed by atoms with Gasteiger partial charge in [0.05, 0.1) is 17.9 Å². The molecule has 0 unspecified atom stereocenters. The highest BCUT2D eigenvalue weighted by Gasteiger charge is 2.39. The van der Waals surface area contributed by atoms with Crippen molar-refractivity contribution in [1.29, 1.82) is 5.26 Å². The predicted octanol–water partition coefficient (Wildman–Crippen LogP) is 2.86. The fourth-order valence-corrected chi connectivity index (χ4v) is 1.90. The van der Waals surface area contributed by atoms with Crippen LogP contribution in [0, 0.1) is 11.3 Å². The van der Waals surface area contributed by atoms with Crippen molar-refractivity contribution in [2.24, 2.45) is 0 Å². The maximum Gasteiger partial charge on any atom is 0.436 e. The number of hydrogen-bond acceptors (Lipinski definition) is 4. The van der Waals surface area contributed by atoms with E-state index >= 15 is 0 Å². The number of aromatic carboxylic acids is 1. The molecule has 0 atom stereocenters. The van der Waals surface area contributed by atoms with Crippen molar-refractivity contribution >= 4 is 5.97 Å². The van der Waals surface area contributed by atoms with Crippen LogP contribution in [0.15, 0.2) is 24.4 Å². The fraction of sp³-hybridized carbons (Fsp3) is 0.214. The van der Waals surface area contributed by atoms with E-state index in [0.29, 0.717) is 6.61 Å². The number of ether oxygens (including phenoxy) is 1. The van der Waals surface area contributed by atoms with Gasteiger partial charge in [-0.3, -0.25) is 0 Å². The molecule has 0 saturated heterocycles. The first-order valence-corrected chi connectivity index (χ1v) is 6.35. The summed E-state index contributed by atoms with van der Waals surface area (Å²) in [6, 6.07) is 5.92. The second-order valence-electron chi connectivity index (χ2n) is 4.36. The van der Waals surface area contributed by atoms with E-state index in [1.807, 2.05) is 6.07 Å². The van der Waals surface area contributed by atoms with Gasteiger partial charge < -0.3 is 9.84 Å². The maximum absolute atomic E-state index is 12.8. The number of halogens is 3. The smallest absolute Gasteiger partial charge is 0.436 e. The number of nitrogens with zero attached hydrogens (tertiary/aromatic N) is 3. The molecule has 0 aliphatic carbocycles. The molecular weight excluding hydrogens is 315 g/mol. The topological polar surface area (TPSA) is 88.1 Å². The third-order valence-corrected chi connectivity index (χ3v) is 2.86. The molecule has 1 heterocycles. The Labute approximate surface area is 128 Å². The molecule has 0 spiro atoms. The van der Waals surface area contributed by atoms with Gasteiger partial charge in [-0.2, -0.15) is 23.5 Å². The summed E-state index contributed by atoms with van der Waals surface area (Å²) >= 11 is 0. The Balaban J connectivity index is 2.55. The SMILES string of the molecule is CCOc1ccc(-n2cc(C(=O)O)c(C(F)(F)F)n2)cc1C#N. The number of carboxylic acids is 1. The third kappa shape index (κ3) is 3.26. The third-order valence-electron chi connectivity index (χ3n) is 2.86. The molecule has 0 aliphatic heterocycles. The van der Waals surface area contributed by atoms with E-state index in [-0.39, 0.29) is 17.0 Å². The minimum Gasteiger partial charge on any atom is -0.492 e. The lowest BCUT2D eigenvalue weighted by atomic mass is 10.2. The van der Waals surface area contributed by atoms with Crippen LogP contribution in [0.4, 0.5) is 13.2 Å². The number of nitriles is 1. The first-order valence-electron chi connectivity index (χ1n) is 6.35. The highest BCUT2D eigenvalue weighted by atomic mass is 19.4. The van der Waals surface area contributed by atoms with E-state index in [1.54, 1.807) is 6.92 Å². The highest BCUT2D eigenvalue weighted by molar-refractivity contribution is 5.89. The molecule has 0 radical (unpaired) electrons. The lowest BCUT2D eigenvalue weighted by Crippen LogP contribution is -2.12. The summed E-state index contributed by atoms with van der Waals surface area (Å²) in [4.78, 5) is 10.9. The van der Waals surface area contributed by atoms with Crippen molar-refractivity contribution in [3.05, 3.63) is 41.2 Å². The van der Waals surface area contributed by atoms with E-state index in [2.05, 4.69) is 5.10 Å². The molecule has 23 heavy (non-hydrogen) atoms. The minimum absolute atomic E-state index is 0.102. The average Bonchev–Trinajstić information content (AvgIpc) is 2.93. The van der Waals surface area contributed by atoms with Gasteiger partial charge in [-0.1, -0.05) is 0 Å². The molecule has 2 aromatic rings. The van der Waals surface area contributed by atoms with Crippen molar-refractivity contribution in [3.8, 4) is 17.5 Å². The molecule has 120 valence electrons. The lowest BCUT2D eigenvalue weighted by Gasteiger charge is -2.07. The number of benzene rings is 1. The zero-order valence-corrected chi connectivity index (χ0v) is 11.8. The van der Waals surface area contributed by atoms with Gasteiger partial charge >= 0.3 is 12.1 Å². The van der Waals surface area contributed by atoms with Crippen LogP contribution in [-0.4, -0.2) is 27.5 Å². The van der Waals surface area contributed by atoms with E-state index in [1.165, 1.54) is 18.2 Å². The van der Waals surface area contributed by atoms with Crippen LogP contribution in [0.1, 0.15) is 28.5 Å². The maximum atomic E-state index is 12.8. The van der Waals surface area contributed by atoms with Gasteiger partial charge in [-0.25, -0.2) is 9.48 Å². The fourth-order valence-electron chi connectivity index (χ4n) is 1.90. The quantitative estimate of drug-likeness (QED) is 0.934. The Morgan fingerprint density at radius 1 is 1.48 bits per heavy atom. The second-order valence-corrected chi connectivity index (χ2v) is 4.36. The Morgan fingerprint density at radius 3 is 2.65 bits per heavy atom. The summed E-state index contributed by atoms with van der Waals surface area (Å²) in [6.07, 6.45) is -4.15. The number of rotatable bonds is 4. The highest BCUT2D eigenvalue weighted by Crippen LogP contribution is 2.32. The first-order chi connectivity index (χ1) is 10.8. The van der Waals surface area contributed by atoms with Crippen LogP contribution in [0.25, 0.3) is 5.69 Å². The average molecular weight is 325 g/mol. The van der Waals surface area contributed by atoms with E-state index in [4.69, 9.17) is 15.1 Å². The Kier molecular flexibility index (Phi) is 4.27. The van der Waals surface area contributed by atoms with Crippen LogP contribution >= 0.6 is 0 Å². The van der Waals surface area contributed by atoms with Crippen LogP contribution < -0.4 is 4.74 Å². The van der Waals surface area contributed by atoms with Gasteiger partial charge in [0.25, 0.3) is 0 Å². The van der Waals surface area contributed by atoms with E-state index in [9.17, 15) is 18.0 Å². The van der Waals surface area contributed by atoms with Gasteiger partial charge in [-0.15, -0.1) is 0 Å². The van der Waals surface area contributed by atoms with Crippen molar-refractivity contribution in [2.45, 2.75) is 13.1 Å². The molecule has 0 aliphatic rings. The van der Waals surface area contributed by atoms with Gasteiger partial charge in [0.2, 0.25) is 0 Å². The van der Waals surface area contributed by atoms with E-state index < -0.39 is 23.4 Å². The number of hydrogen-bond donors (Lipinski definition) is 1. The number of carboxylic acid groups (broad SMARTS) is 1. The zero-order chi connectivity index (χ0) is 17.2. The molecule has 2 rings (SSSR count). The van der Waals surface area contributed by atoms with Crippen molar-refractivity contribution in [2.75, 3.05) is 6.61 Å². The van der Waals surface area contributed by atoms with E-state index in [0.717, 1.165) is 10.9 Å². The largest absolute Gasteiger partial charge is 0.492 e. The molecule has 0 bridgehead atoms. The van der Waals surface area contributed by atoms with Crippen LogP contribution in [-0.2, 0) is 6.18 Å². The molecule has 1 aromatic carbocycles. The Morgan fingerprint density at radius 2 is 2.17 bits per heavy atom. The molecule has 0 saturated carbocycles. The molecular formula is C14H10F3N3O3. The lowest BCUT2D eigenvalue weighted by molar-refractivity contribution is -0.141. The Bertz CT molecular complexity index is 791. The number of carbonyl (C=O) groups is 1. The van der Waals surface area contributed by atoms with Gasteiger partial charge in [-0.05, 0) is 25.1 Å². The van der Waals surface area contributed by atoms with Crippen molar-refractivity contribution < 1.29 is 27.8 Å². The second kappa shape index (κ2) is 6.00. The van der Waals surface area contributed by atoms with Gasteiger partial charge in [0.1, 0.15) is 17.4 Å². The first kappa shape index (κ1) is 16.4. The number of aromatic nitrogens is 2. The van der Waals surface area contributed by atoms with Crippen molar-refractivity contribution in [3.63, 3.8) is 0 Å². The summed E-state index contributed by atoms with van der Waals surface area (Å²) < 4.78 is 44.5. The Hall–Kier alpha value is -3.02. The minimum atomic E-state index is -4.90. The summed E-state index contributed by atoms with van der Waals surface area (Å²) in [6.45, 7) is 2.04. The van der Waals surface area contributed by atoms with Crippen LogP contribution in [0.3, 0.4) is 0 Å². The molecule has 0 fully saturated rings.